The highest BCUT2D eigenvalue weighted by atomic mass is 35.5. The number of aryl methyl sites for hydroxylation is 1. The molecule has 1 aromatic heterocycles. The molecule has 2 fully saturated rings. The van der Waals surface area contributed by atoms with Gasteiger partial charge in [-0.25, -0.2) is 14.2 Å². The molecular weight excluding hydrogens is 602 g/mol. The van der Waals surface area contributed by atoms with Gasteiger partial charge in [0.25, 0.3) is 0 Å². The normalized spacial score (nSPS) is 25.4. The lowest BCUT2D eigenvalue weighted by Gasteiger charge is -2.40. The minimum absolute atomic E-state index is 0. The summed E-state index contributed by atoms with van der Waals surface area (Å²) in [5.41, 5.74) is 2.43. The first-order chi connectivity index (χ1) is 20.8. The van der Waals surface area contributed by atoms with E-state index >= 15 is 4.39 Å². The monoisotopic (exact) mass is 634 g/mol. The molecule has 228 valence electrons. The van der Waals surface area contributed by atoms with Gasteiger partial charge < -0.3 is 14.6 Å². The van der Waals surface area contributed by atoms with Crippen molar-refractivity contribution in [2.75, 3.05) is 18.5 Å². The molecule has 1 saturated carbocycles. The zero-order valence-corrected chi connectivity index (χ0v) is 25.0. The number of likely N-dealkylation sites (tertiary alicyclic amines) is 1. The zero-order valence-electron chi connectivity index (χ0n) is 23.4. The van der Waals surface area contributed by atoms with Crippen molar-refractivity contribution >= 4 is 51.8 Å². The number of carbonyl (C=O) groups excluding carboxylic acids is 2. The van der Waals surface area contributed by atoms with Gasteiger partial charge in [0.1, 0.15) is 17.2 Å². The number of esters is 1. The Kier molecular flexibility index (Phi) is 7.03. The van der Waals surface area contributed by atoms with Crippen molar-refractivity contribution < 1.29 is 18.7 Å². The van der Waals surface area contributed by atoms with Crippen LogP contribution >= 0.6 is 23.2 Å². The van der Waals surface area contributed by atoms with E-state index in [4.69, 9.17) is 32.9 Å². The van der Waals surface area contributed by atoms with Gasteiger partial charge in [0.15, 0.2) is 0 Å². The SMILES string of the molecule is C.CCOC(=O)c1cccc2nc3n(c12)CC[C@H]1[C@@H]3[C@H](c2cccc(Cl)c2F)[C@]2(C(=O)Nc3cc(Cl)ccc32)N1CC1CC1. The smallest absolute Gasteiger partial charge is 0.340 e. The van der Waals surface area contributed by atoms with Crippen molar-refractivity contribution in [3.8, 4) is 0 Å². The highest BCUT2D eigenvalue weighted by Gasteiger charge is 2.69. The third kappa shape index (κ3) is 4.00. The van der Waals surface area contributed by atoms with Crippen LogP contribution in [0.1, 0.15) is 72.8 Å². The molecule has 1 spiro atoms. The third-order valence-electron chi connectivity index (χ3n) is 9.77. The number of amides is 1. The number of hydrogen-bond acceptors (Lipinski definition) is 5. The molecule has 1 saturated heterocycles. The topological polar surface area (TPSA) is 76.5 Å². The fraction of sp³-hybridized carbons (Fsp3) is 0.382. The maximum Gasteiger partial charge on any atom is 0.340 e. The van der Waals surface area contributed by atoms with Crippen LogP contribution in [0.5, 0.6) is 0 Å². The van der Waals surface area contributed by atoms with Crippen molar-refractivity contribution in [3.05, 3.63) is 93.0 Å². The molecule has 1 amide bonds. The molecule has 7 nitrogen and oxygen atoms in total. The van der Waals surface area contributed by atoms with Gasteiger partial charge in [0, 0.05) is 47.2 Å². The van der Waals surface area contributed by atoms with Gasteiger partial charge in [0.05, 0.1) is 28.2 Å². The quantitative estimate of drug-likeness (QED) is 0.230. The van der Waals surface area contributed by atoms with Crippen LogP contribution in [0, 0.1) is 11.7 Å². The Morgan fingerprint density at radius 2 is 1.93 bits per heavy atom. The predicted octanol–water partition coefficient (Wildman–Crippen LogP) is 7.51. The first-order valence-electron chi connectivity index (χ1n) is 14.8. The lowest BCUT2D eigenvalue weighted by Crippen LogP contribution is -2.53. The molecule has 4 heterocycles. The molecule has 3 aliphatic heterocycles. The number of benzene rings is 3. The predicted molar refractivity (Wildman–Crippen MR) is 169 cm³/mol. The van der Waals surface area contributed by atoms with Crippen LogP contribution < -0.4 is 5.32 Å². The van der Waals surface area contributed by atoms with Crippen LogP contribution in [0.25, 0.3) is 11.0 Å². The summed E-state index contributed by atoms with van der Waals surface area (Å²) in [5, 5.41) is 3.64. The van der Waals surface area contributed by atoms with E-state index < -0.39 is 23.2 Å². The first-order valence-corrected chi connectivity index (χ1v) is 15.6. The molecule has 44 heavy (non-hydrogen) atoms. The molecule has 3 aromatic carbocycles. The summed E-state index contributed by atoms with van der Waals surface area (Å²) < 4.78 is 23.7. The van der Waals surface area contributed by atoms with E-state index in [9.17, 15) is 9.59 Å². The lowest BCUT2D eigenvalue weighted by atomic mass is 9.70. The third-order valence-corrected chi connectivity index (χ3v) is 10.3. The van der Waals surface area contributed by atoms with Crippen molar-refractivity contribution in [2.45, 2.75) is 63.6 Å². The minimum Gasteiger partial charge on any atom is -0.462 e. The maximum atomic E-state index is 16.3. The van der Waals surface area contributed by atoms with Gasteiger partial charge in [-0.3, -0.25) is 9.69 Å². The average molecular weight is 636 g/mol. The summed E-state index contributed by atoms with van der Waals surface area (Å²) >= 11 is 12.8. The lowest BCUT2D eigenvalue weighted by molar-refractivity contribution is -0.128. The van der Waals surface area contributed by atoms with E-state index in [-0.39, 0.29) is 36.9 Å². The van der Waals surface area contributed by atoms with Gasteiger partial charge >= 0.3 is 5.97 Å². The van der Waals surface area contributed by atoms with Gasteiger partial charge in [0.2, 0.25) is 5.91 Å². The molecule has 0 unspecified atom stereocenters. The Morgan fingerprint density at radius 3 is 2.70 bits per heavy atom. The molecule has 4 atom stereocenters. The minimum atomic E-state index is -1.21. The summed E-state index contributed by atoms with van der Waals surface area (Å²) in [7, 11) is 0. The van der Waals surface area contributed by atoms with Crippen LogP contribution in [0.15, 0.2) is 54.6 Å². The fourth-order valence-electron chi connectivity index (χ4n) is 8.02. The molecule has 8 rings (SSSR count). The number of halogens is 3. The van der Waals surface area contributed by atoms with Crippen molar-refractivity contribution in [2.24, 2.45) is 5.92 Å². The van der Waals surface area contributed by atoms with Gasteiger partial charge in [-0.2, -0.15) is 0 Å². The molecule has 4 aliphatic rings. The molecular formula is C34H33Cl2FN4O3. The number of fused-ring (bicyclic) bond motifs is 7. The molecule has 10 heteroatoms. The van der Waals surface area contributed by atoms with Gasteiger partial charge in [-0.05, 0) is 68.0 Å². The second-order valence-electron chi connectivity index (χ2n) is 12.0. The van der Waals surface area contributed by atoms with E-state index in [2.05, 4.69) is 14.8 Å². The first kappa shape index (κ1) is 29.3. The molecule has 4 aromatic rings. The van der Waals surface area contributed by atoms with Crippen LogP contribution in [0.2, 0.25) is 10.0 Å². The summed E-state index contributed by atoms with van der Waals surface area (Å²) in [6.07, 6.45) is 2.89. The number of aromatic nitrogens is 2. The van der Waals surface area contributed by atoms with Crippen LogP contribution in [-0.4, -0.2) is 45.5 Å². The number of imidazole rings is 1. The summed E-state index contributed by atoms with van der Waals surface area (Å²) in [4.78, 5) is 35.1. The zero-order chi connectivity index (χ0) is 29.6. The highest BCUT2D eigenvalue weighted by molar-refractivity contribution is 6.31. The number of carbonyl (C=O) groups is 2. The van der Waals surface area contributed by atoms with Gasteiger partial charge in [-0.1, -0.05) is 54.9 Å². The van der Waals surface area contributed by atoms with E-state index in [1.54, 1.807) is 43.3 Å². The average Bonchev–Trinajstić information content (AvgIpc) is 3.57. The molecule has 0 radical (unpaired) electrons. The Labute approximate surface area is 265 Å². The van der Waals surface area contributed by atoms with Gasteiger partial charge in [-0.15, -0.1) is 0 Å². The van der Waals surface area contributed by atoms with Crippen LogP contribution in [0.4, 0.5) is 10.1 Å². The number of ether oxygens (including phenoxy) is 1. The van der Waals surface area contributed by atoms with E-state index in [0.717, 1.165) is 24.2 Å². The summed E-state index contributed by atoms with van der Waals surface area (Å²) in [5.74, 6) is -0.958. The van der Waals surface area contributed by atoms with Crippen molar-refractivity contribution in [1.29, 1.82) is 0 Å². The highest BCUT2D eigenvalue weighted by Crippen LogP contribution is 2.64. The number of hydrogen-bond donors (Lipinski definition) is 1. The molecule has 1 aliphatic carbocycles. The fourth-order valence-corrected chi connectivity index (χ4v) is 8.37. The Balaban J connectivity index is 0.00000312. The number of nitrogens with zero attached hydrogens (tertiary/aromatic N) is 3. The molecule has 1 N–H and O–H groups in total. The summed E-state index contributed by atoms with van der Waals surface area (Å²) in [6, 6.07) is 15.8. The number of rotatable bonds is 5. The summed E-state index contributed by atoms with van der Waals surface area (Å²) in [6.45, 7) is 3.35. The Morgan fingerprint density at radius 1 is 1.14 bits per heavy atom. The van der Waals surface area contributed by atoms with Crippen molar-refractivity contribution in [1.82, 2.24) is 14.5 Å². The largest absolute Gasteiger partial charge is 0.462 e. The van der Waals surface area contributed by atoms with E-state index in [0.29, 0.717) is 58.3 Å². The molecule has 0 bridgehead atoms. The number of nitrogens with one attached hydrogen (secondary N) is 1. The van der Waals surface area contributed by atoms with Crippen LogP contribution in [0.3, 0.4) is 0 Å². The second-order valence-corrected chi connectivity index (χ2v) is 12.9. The number of anilines is 1. The van der Waals surface area contributed by atoms with E-state index in [1.165, 1.54) is 6.07 Å². The van der Waals surface area contributed by atoms with E-state index in [1.807, 2.05) is 12.1 Å². The Bertz CT molecular complexity index is 1840. The standard InChI is InChI=1S/C33H29Cl2FN4O3.CH4/c1-2-43-31(41)20-6-4-8-23-29(20)39-14-13-25-26(30(39)37-23)27(19-5-3-7-22(35)28(19)36)33(40(25)16-17-9-10-17)21-12-11-18(34)15-24(21)38-32(33)42;/h3-8,11-12,15,17,25-27H,2,9-10,13-14,16H2,1H3,(H,38,42);1H4/t25-,26+,27-,33+;/m0./s1. The van der Waals surface area contributed by atoms with Crippen LogP contribution in [-0.2, 0) is 21.6 Å². The number of para-hydroxylation sites is 1. The Hall–Kier alpha value is -3.46. The maximum absolute atomic E-state index is 16.3. The second kappa shape index (κ2) is 10.6. The van der Waals surface area contributed by atoms with Crippen molar-refractivity contribution in [3.63, 3.8) is 0 Å².